The molecule has 0 aliphatic rings. The van der Waals surface area contributed by atoms with Crippen LogP contribution in [0.1, 0.15) is 296 Å². The highest BCUT2D eigenvalue weighted by Crippen LogP contribution is 2.17. The molecule has 0 aliphatic carbocycles. The van der Waals surface area contributed by atoms with Crippen LogP contribution in [0.15, 0.2) is 12.2 Å². The second kappa shape index (κ2) is 50.2. The number of hydrogen-bond acceptors (Lipinski definition) is 5. The average molecular weight is 848 g/mol. The third-order valence-electron chi connectivity index (χ3n) is 12.6. The molecule has 2 unspecified atom stereocenters. The molecule has 0 spiro atoms. The molecular weight excluding hydrogens is 743 g/mol. The van der Waals surface area contributed by atoms with Gasteiger partial charge in [0.2, 0.25) is 5.91 Å². The summed E-state index contributed by atoms with van der Waals surface area (Å²) in [7, 11) is 0. The lowest BCUT2D eigenvalue weighted by atomic mass is 10.0. The van der Waals surface area contributed by atoms with Crippen molar-refractivity contribution >= 4 is 11.9 Å². The highest BCUT2D eigenvalue weighted by atomic mass is 16.5. The Bertz CT molecular complexity index is 893. The lowest BCUT2D eigenvalue weighted by molar-refractivity contribution is -0.143. The van der Waals surface area contributed by atoms with Gasteiger partial charge in [-0.25, -0.2) is 0 Å². The number of esters is 1. The molecule has 3 N–H and O–H groups in total. The van der Waals surface area contributed by atoms with E-state index in [0.717, 1.165) is 44.9 Å². The van der Waals surface area contributed by atoms with Crippen LogP contribution in [-0.4, -0.2) is 47.4 Å². The first kappa shape index (κ1) is 58.6. The van der Waals surface area contributed by atoms with E-state index in [1.165, 1.54) is 218 Å². The van der Waals surface area contributed by atoms with Gasteiger partial charge in [0, 0.05) is 12.8 Å². The molecule has 0 aliphatic heterocycles. The molecule has 0 saturated heterocycles. The minimum absolute atomic E-state index is 0.00355. The Morgan fingerprint density at radius 2 is 0.800 bits per heavy atom. The van der Waals surface area contributed by atoms with Gasteiger partial charge in [-0.05, 0) is 44.9 Å². The maximum absolute atomic E-state index is 12.5. The fraction of sp³-hybridized carbons (Fsp3) is 0.926. The summed E-state index contributed by atoms with van der Waals surface area (Å²) in [6.07, 6.45) is 57.6. The van der Waals surface area contributed by atoms with Gasteiger partial charge in [-0.15, -0.1) is 0 Å². The molecule has 0 saturated carbocycles. The van der Waals surface area contributed by atoms with Crippen LogP contribution in [0.25, 0.3) is 0 Å². The Morgan fingerprint density at radius 3 is 1.23 bits per heavy atom. The van der Waals surface area contributed by atoms with Gasteiger partial charge in [0.1, 0.15) is 0 Å². The first-order valence-electron chi connectivity index (χ1n) is 26.9. The molecule has 0 aromatic carbocycles. The molecule has 0 heterocycles. The molecule has 356 valence electrons. The molecule has 0 radical (unpaired) electrons. The highest BCUT2D eigenvalue weighted by molar-refractivity contribution is 5.76. The van der Waals surface area contributed by atoms with Crippen molar-refractivity contribution in [2.75, 3.05) is 13.2 Å². The van der Waals surface area contributed by atoms with Crippen LogP contribution in [0.4, 0.5) is 0 Å². The van der Waals surface area contributed by atoms with Crippen molar-refractivity contribution in [3.05, 3.63) is 12.2 Å². The number of ether oxygens (including phenoxy) is 1. The first-order chi connectivity index (χ1) is 29.5. The summed E-state index contributed by atoms with van der Waals surface area (Å²) < 4.78 is 5.45. The number of carbonyl (C=O) groups is 2. The topological polar surface area (TPSA) is 95.9 Å². The number of hydrogen-bond donors (Lipinski definition) is 3. The van der Waals surface area contributed by atoms with E-state index in [4.69, 9.17) is 4.74 Å². The minimum atomic E-state index is -0.665. The molecule has 0 fully saturated rings. The van der Waals surface area contributed by atoms with E-state index in [1.807, 2.05) is 0 Å². The summed E-state index contributed by atoms with van der Waals surface area (Å²) in [6.45, 7) is 4.91. The van der Waals surface area contributed by atoms with Crippen molar-refractivity contribution in [3.8, 4) is 0 Å². The molecule has 60 heavy (non-hydrogen) atoms. The second-order valence-corrected chi connectivity index (χ2v) is 18.6. The largest absolute Gasteiger partial charge is 0.466 e. The molecule has 0 bridgehead atoms. The number of allylic oxidation sites excluding steroid dienone is 2. The zero-order chi connectivity index (χ0) is 43.7. The van der Waals surface area contributed by atoms with Crippen molar-refractivity contribution in [1.82, 2.24) is 5.32 Å². The number of carbonyl (C=O) groups excluding carboxylic acids is 2. The Morgan fingerprint density at radius 1 is 0.450 bits per heavy atom. The predicted molar refractivity (Wildman–Crippen MR) is 260 cm³/mol. The fourth-order valence-corrected chi connectivity index (χ4v) is 8.39. The summed E-state index contributed by atoms with van der Waals surface area (Å²) in [5.41, 5.74) is 0. The van der Waals surface area contributed by atoms with E-state index in [2.05, 4.69) is 31.3 Å². The number of rotatable bonds is 50. The van der Waals surface area contributed by atoms with Crippen molar-refractivity contribution in [1.29, 1.82) is 0 Å². The molecular formula is C54H105NO5. The Balaban J connectivity index is 3.41. The van der Waals surface area contributed by atoms with Crippen molar-refractivity contribution in [2.45, 2.75) is 309 Å². The molecule has 2 atom stereocenters. The molecule has 6 heteroatoms. The lowest BCUT2D eigenvalue weighted by Gasteiger charge is -2.22. The number of aliphatic hydroxyl groups excluding tert-OH is 2. The van der Waals surface area contributed by atoms with E-state index in [1.54, 1.807) is 0 Å². The maximum atomic E-state index is 12.5. The van der Waals surface area contributed by atoms with Gasteiger partial charge >= 0.3 is 5.97 Å². The van der Waals surface area contributed by atoms with Crippen molar-refractivity contribution in [2.24, 2.45) is 0 Å². The predicted octanol–water partition coefficient (Wildman–Crippen LogP) is 16.1. The summed E-state index contributed by atoms with van der Waals surface area (Å²) in [5.74, 6) is -0.0416. The zero-order valence-corrected chi connectivity index (χ0v) is 40.5. The van der Waals surface area contributed by atoms with Crippen LogP contribution in [-0.2, 0) is 14.3 Å². The first-order valence-corrected chi connectivity index (χ1v) is 26.9. The van der Waals surface area contributed by atoms with Crippen LogP contribution >= 0.6 is 0 Å². The summed E-state index contributed by atoms with van der Waals surface area (Å²) >= 11 is 0. The quantitative estimate of drug-likeness (QED) is 0.0322. The number of aliphatic hydroxyl groups is 2. The van der Waals surface area contributed by atoms with Crippen LogP contribution < -0.4 is 5.32 Å². The van der Waals surface area contributed by atoms with Crippen molar-refractivity contribution < 1.29 is 24.5 Å². The van der Waals surface area contributed by atoms with E-state index >= 15 is 0 Å². The SMILES string of the molecule is CCCC/C=C\CCCCCCCC(=O)OCCCCCCCCCCCCCCCCCCCCC(=O)NC(CO)C(O)CCCCCCCCCCCCCCCC. The van der Waals surface area contributed by atoms with Gasteiger partial charge < -0.3 is 20.3 Å². The molecule has 6 nitrogen and oxygen atoms in total. The summed E-state index contributed by atoms with van der Waals surface area (Å²) in [6, 6.07) is -0.543. The highest BCUT2D eigenvalue weighted by Gasteiger charge is 2.20. The van der Waals surface area contributed by atoms with Gasteiger partial charge in [0.05, 0.1) is 25.4 Å². The fourth-order valence-electron chi connectivity index (χ4n) is 8.39. The van der Waals surface area contributed by atoms with Gasteiger partial charge in [0.25, 0.3) is 0 Å². The average Bonchev–Trinajstić information content (AvgIpc) is 3.25. The lowest BCUT2D eigenvalue weighted by Crippen LogP contribution is -2.45. The third kappa shape index (κ3) is 46.1. The van der Waals surface area contributed by atoms with E-state index in [9.17, 15) is 19.8 Å². The van der Waals surface area contributed by atoms with Gasteiger partial charge in [0.15, 0.2) is 0 Å². The zero-order valence-electron chi connectivity index (χ0n) is 40.5. The van der Waals surface area contributed by atoms with E-state index in [0.29, 0.717) is 25.9 Å². The molecule has 0 rings (SSSR count). The van der Waals surface area contributed by atoms with E-state index < -0.39 is 12.1 Å². The minimum Gasteiger partial charge on any atom is -0.466 e. The normalized spacial score (nSPS) is 12.7. The van der Waals surface area contributed by atoms with Gasteiger partial charge in [-0.1, -0.05) is 251 Å². The summed E-state index contributed by atoms with van der Waals surface area (Å²) in [5, 5.41) is 23.2. The number of amides is 1. The van der Waals surface area contributed by atoms with Crippen LogP contribution in [0.3, 0.4) is 0 Å². The Kier molecular flexibility index (Phi) is 49.1. The third-order valence-corrected chi connectivity index (χ3v) is 12.6. The standard InChI is InChI=1S/C54H105NO5/c1-3-5-7-9-11-13-15-16-23-27-30-34-38-42-46-52(57)51(50-56)55-53(58)47-43-39-35-31-28-24-21-19-17-18-20-22-25-29-33-37-41-45-49-60-54(59)48-44-40-36-32-26-14-12-10-8-6-4-2/h10,12,51-52,56-57H,3-9,11,13-50H2,1-2H3,(H,55,58)/b12-10-. The van der Waals surface area contributed by atoms with Crippen molar-refractivity contribution in [3.63, 3.8) is 0 Å². The van der Waals surface area contributed by atoms with Crippen LogP contribution in [0, 0.1) is 0 Å². The van der Waals surface area contributed by atoms with Gasteiger partial charge in [-0.3, -0.25) is 9.59 Å². The van der Waals surface area contributed by atoms with Crippen LogP contribution in [0.2, 0.25) is 0 Å². The maximum Gasteiger partial charge on any atom is 0.305 e. The van der Waals surface area contributed by atoms with E-state index in [-0.39, 0.29) is 18.5 Å². The Hall–Kier alpha value is -1.40. The summed E-state index contributed by atoms with van der Waals surface area (Å²) in [4.78, 5) is 24.4. The smallest absolute Gasteiger partial charge is 0.305 e. The second-order valence-electron chi connectivity index (χ2n) is 18.6. The number of nitrogens with one attached hydrogen (secondary N) is 1. The van der Waals surface area contributed by atoms with Gasteiger partial charge in [-0.2, -0.15) is 0 Å². The molecule has 0 aromatic rings. The Labute approximate surface area is 374 Å². The monoisotopic (exact) mass is 848 g/mol. The van der Waals surface area contributed by atoms with Crippen LogP contribution in [0.5, 0.6) is 0 Å². The molecule has 1 amide bonds. The molecule has 0 aromatic heterocycles. The number of unbranched alkanes of at least 4 members (excludes halogenated alkanes) is 37.